The lowest BCUT2D eigenvalue weighted by molar-refractivity contribution is 0.629. The molecule has 0 aliphatic rings. The minimum atomic E-state index is -0.205. The van der Waals surface area contributed by atoms with Crippen molar-refractivity contribution in [3.05, 3.63) is 102 Å². The highest BCUT2D eigenvalue weighted by Crippen LogP contribution is 2.13. The maximum Gasteiger partial charge on any atom is 0.123 e. The number of hydrogen-bond acceptors (Lipinski definition) is 1. The number of pyridine rings is 1. The first-order valence-electron chi connectivity index (χ1n) is 9.97. The van der Waals surface area contributed by atoms with Crippen molar-refractivity contribution < 1.29 is 4.39 Å². The molecule has 1 aromatic heterocycles. The molecule has 2 aromatic rings. The van der Waals surface area contributed by atoms with Crippen LogP contribution in [0, 0.1) is 11.7 Å². The first-order chi connectivity index (χ1) is 13.7. The summed E-state index contributed by atoms with van der Waals surface area (Å²) in [5, 5.41) is 1.86. The molecular weight excluding hydrogens is 357 g/mol. The molecule has 0 aliphatic carbocycles. The average molecular weight is 394 g/mol. The summed E-state index contributed by atoms with van der Waals surface area (Å²) >= 11 is 0. The molecule has 0 saturated heterocycles. The van der Waals surface area contributed by atoms with Crippen LogP contribution in [0.5, 0.6) is 0 Å². The average Bonchev–Trinajstić information content (AvgIpc) is 2.67. The summed E-state index contributed by atoms with van der Waals surface area (Å²) in [5.74, 6) is 0.383. The molecule has 0 aliphatic heterocycles. The van der Waals surface area contributed by atoms with E-state index in [1.807, 2.05) is 32.9 Å². The van der Waals surface area contributed by atoms with Gasteiger partial charge in [0.2, 0.25) is 0 Å². The highest BCUT2D eigenvalue weighted by molar-refractivity contribution is 5.81. The fourth-order valence-electron chi connectivity index (χ4n) is 1.95. The highest BCUT2D eigenvalue weighted by Gasteiger charge is 1.93. The zero-order valence-electron chi connectivity index (χ0n) is 19.0. The molecule has 29 heavy (non-hydrogen) atoms. The predicted molar refractivity (Wildman–Crippen MR) is 128 cm³/mol. The summed E-state index contributed by atoms with van der Waals surface area (Å²) in [6, 6.07) is 6.44. The van der Waals surface area contributed by atoms with Crippen LogP contribution in [-0.2, 0) is 0 Å². The predicted octanol–water partition coefficient (Wildman–Crippen LogP) is 8.62. The summed E-state index contributed by atoms with van der Waals surface area (Å²) in [5.41, 5.74) is 3.63. The SMILES string of the molecule is C/C=C\C.C=C(C)C(/C=C\C(C)C)=C\C=C(C)C.Fc1ccc2cnccc2c1. The number of nitrogens with zero attached hydrogens (tertiary/aromatic N) is 1. The Morgan fingerprint density at radius 3 is 2.17 bits per heavy atom. The van der Waals surface area contributed by atoms with E-state index in [1.54, 1.807) is 24.5 Å². The standard InChI is InChI=1S/C14H22.C9H6FN.C4H8/c1-11(2)7-9-14(13(5)6)10-8-12(3)4;10-9-2-1-8-6-11-4-3-7(8)5-9;1-3-4-2/h7-11H,5H2,1-4,6H3;1-6H;3-4H,1-2H3/b9-7-,14-10-;;4-3-. The summed E-state index contributed by atoms with van der Waals surface area (Å²) in [6.45, 7) is 18.5. The molecule has 1 nitrogen and oxygen atoms in total. The van der Waals surface area contributed by atoms with E-state index in [1.165, 1.54) is 23.3 Å². The molecule has 2 heteroatoms. The second-order valence-corrected chi connectivity index (χ2v) is 7.28. The molecule has 0 N–H and O–H groups in total. The molecule has 1 aromatic carbocycles. The van der Waals surface area contributed by atoms with Crippen LogP contribution < -0.4 is 0 Å². The van der Waals surface area contributed by atoms with Gasteiger partial charge < -0.3 is 0 Å². The molecule has 0 amide bonds. The minimum absolute atomic E-state index is 0.205. The lowest BCUT2D eigenvalue weighted by atomic mass is 10.1. The van der Waals surface area contributed by atoms with Gasteiger partial charge in [0.05, 0.1) is 0 Å². The van der Waals surface area contributed by atoms with Crippen molar-refractivity contribution in [2.45, 2.75) is 48.5 Å². The van der Waals surface area contributed by atoms with Gasteiger partial charge in [-0.25, -0.2) is 4.39 Å². The summed E-state index contributed by atoms with van der Waals surface area (Å²) in [6.07, 6.45) is 16.0. The van der Waals surface area contributed by atoms with Gasteiger partial charge in [0.1, 0.15) is 5.82 Å². The van der Waals surface area contributed by atoms with Gasteiger partial charge in [-0.1, -0.05) is 68.0 Å². The van der Waals surface area contributed by atoms with Crippen LogP contribution in [0.25, 0.3) is 10.8 Å². The van der Waals surface area contributed by atoms with Gasteiger partial charge in [-0.3, -0.25) is 4.98 Å². The Bertz CT molecular complexity index is 859. The third-order valence-corrected chi connectivity index (χ3v) is 3.69. The van der Waals surface area contributed by atoms with Crippen molar-refractivity contribution in [1.82, 2.24) is 4.98 Å². The molecule has 0 saturated carbocycles. The van der Waals surface area contributed by atoms with Gasteiger partial charge in [0.15, 0.2) is 0 Å². The first-order valence-corrected chi connectivity index (χ1v) is 9.97. The van der Waals surface area contributed by atoms with Crippen molar-refractivity contribution in [2.24, 2.45) is 5.92 Å². The minimum Gasteiger partial charge on any atom is -0.264 e. The van der Waals surface area contributed by atoms with E-state index < -0.39 is 0 Å². The molecule has 1 heterocycles. The van der Waals surface area contributed by atoms with Crippen molar-refractivity contribution in [3.63, 3.8) is 0 Å². The van der Waals surface area contributed by atoms with E-state index in [0.717, 1.165) is 16.3 Å². The molecule has 156 valence electrons. The largest absolute Gasteiger partial charge is 0.264 e. The molecule has 0 fully saturated rings. The Hall–Kier alpha value is -2.74. The zero-order chi connectivity index (χ0) is 22.2. The van der Waals surface area contributed by atoms with Gasteiger partial charge in [0, 0.05) is 17.8 Å². The van der Waals surface area contributed by atoms with Crippen LogP contribution in [0.4, 0.5) is 4.39 Å². The van der Waals surface area contributed by atoms with Gasteiger partial charge in [0.25, 0.3) is 0 Å². The van der Waals surface area contributed by atoms with Crippen molar-refractivity contribution >= 4 is 10.8 Å². The number of hydrogen-bond donors (Lipinski definition) is 0. The number of aromatic nitrogens is 1. The Labute approximate surface area is 177 Å². The molecule has 0 unspecified atom stereocenters. The molecule has 0 bridgehead atoms. The first kappa shape index (κ1) is 26.3. The number of benzene rings is 1. The van der Waals surface area contributed by atoms with E-state index in [-0.39, 0.29) is 5.82 Å². The monoisotopic (exact) mass is 393 g/mol. The van der Waals surface area contributed by atoms with E-state index in [4.69, 9.17) is 0 Å². The fourth-order valence-corrected chi connectivity index (χ4v) is 1.95. The molecule has 0 atom stereocenters. The molecule has 0 spiro atoms. The van der Waals surface area contributed by atoms with Crippen molar-refractivity contribution in [3.8, 4) is 0 Å². The highest BCUT2D eigenvalue weighted by atomic mass is 19.1. The summed E-state index contributed by atoms with van der Waals surface area (Å²) in [4.78, 5) is 3.92. The lowest BCUT2D eigenvalue weighted by Crippen LogP contribution is -1.82. The normalized spacial score (nSPS) is 11.1. The van der Waals surface area contributed by atoms with E-state index in [9.17, 15) is 4.39 Å². The van der Waals surface area contributed by atoms with E-state index >= 15 is 0 Å². The summed E-state index contributed by atoms with van der Waals surface area (Å²) in [7, 11) is 0. The number of rotatable bonds is 4. The van der Waals surface area contributed by atoms with Crippen molar-refractivity contribution in [1.29, 1.82) is 0 Å². The number of allylic oxidation sites excluding steroid dienone is 9. The van der Waals surface area contributed by atoms with E-state index in [0.29, 0.717) is 5.92 Å². The Morgan fingerprint density at radius 1 is 1.00 bits per heavy atom. The summed E-state index contributed by atoms with van der Waals surface area (Å²) < 4.78 is 12.6. The quantitative estimate of drug-likeness (QED) is 0.374. The van der Waals surface area contributed by atoms with Crippen LogP contribution in [0.2, 0.25) is 0 Å². The van der Waals surface area contributed by atoms with Gasteiger partial charge in [-0.05, 0) is 75.8 Å². The molecular formula is C27H36FN. The Morgan fingerprint density at radius 2 is 1.66 bits per heavy atom. The third kappa shape index (κ3) is 13.1. The fraction of sp³-hybridized carbons (Fsp3) is 0.296. The van der Waals surface area contributed by atoms with Gasteiger partial charge in [-0.15, -0.1) is 0 Å². The van der Waals surface area contributed by atoms with Crippen LogP contribution in [-0.4, -0.2) is 4.98 Å². The Kier molecular flexibility index (Phi) is 13.8. The lowest BCUT2D eigenvalue weighted by Gasteiger charge is -2.00. The van der Waals surface area contributed by atoms with Gasteiger partial charge >= 0.3 is 0 Å². The maximum absolute atomic E-state index is 12.6. The zero-order valence-corrected chi connectivity index (χ0v) is 19.0. The molecule has 2 rings (SSSR count). The second-order valence-electron chi connectivity index (χ2n) is 7.28. The van der Waals surface area contributed by atoms with E-state index in [2.05, 4.69) is 63.6 Å². The Balaban J connectivity index is 0.000000463. The number of fused-ring (bicyclic) bond motifs is 1. The second kappa shape index (κ2) is 15.2. The topological polar surface area (TPSA) is 12.9 Å². The maximum atomic E-state index is 12.6. The number of halogens is 1. The smallest absolute Gasteiger partial charge is 0.123 e. The van der Waals surface area contributed by atoms with Crippen LogP contribution >= 0.6 is 0 Å². The van der Waals surface area contributed by atoms with Gasteiger partial charge in [-0.2, -0.15) is 0 Å². The van der Waals surface area contributed by atoms with Crippen LogP contribution in [0.1, 0.15) is 48.5 Å². The van der Waals surface area contributed by atoms with Crippen molar-refractivity contribution in [2.75, 3.05) is 0 Å². The third-order valence-electron chi connectivity index (χ3n) is 3.69. The molecule has 0 radical (unpaired) electrons. The van der Waals surface area contributed by atoms with Crippen LogP contribution in [0.15, 0.2) is 96.4 Å². The van der Waals surface area contributed by atoms with Crippen LogP contribution in [0.3, 0.4) is 0 Å².